The summed E-state index contributed by atoms with van der Waals surface area (Å²) in [6, 6.07) is 14.1. The van der Waals surface area contributed by atoms with Gasteiger partial charge in [-0.3, -0.25) is 4.79 Å². The molecule has 1 N–H and O–H groups in total. The molecule has 0 aliphatic carbocycles. The van der Waals surface area contributed by atoms with Crippen LogP contribution in [0.3, 0.4) is 0 Å². The fourth-order valence-corrected chi connectivity index (χ4v) is 5.61. The second kappa shape index (κ2) is 9.21. The first-order valence-electron chi connectivity index (χ1n) is 9.76. The molecule has 3 rings (SSSR count). The van der Waals surface area contributed by atoms with Crippen molar-refractivity contribution in [2.24, 2.45) is 0 Å². The molecule has 0 unspecified atom stereocenters. The summed E-state index contributed by atoms with van der Waals surface area (Å²) in [4.78, 5) is 12.8. The number of hydrogen-bond donors (Lipinski definition) is 1. The number of rotatable bonds is 9. The van der Waals surface area contributed by atoms with Gasteiger partial charge in [-0.05, 0) is 31.5 Å². The maximum Gasteiger partial charge on any atom is 0.306 e. The Kier molecular flexibility index (Phi) is 6.79. The highest BCUT2D eigenvalue weighted by Gasteiger charge is 2.45. The quantitative estimate of drug-likeness (QED) is 0.427. The summed E-state index contributed by atoms with van der Waals surface area (Å²) < 4.78 is 60.4. The van der Waals surface area contributed by atoms with Crippen LogP contribution in [-0.4, -0.2) is 52.5 Å². The van der Waals surface area contributed by atoms with E-state index in [0.29, 0.717) is 5.56 Å². The molecule has 0 saturated heterocycles. The molecule has 32 heavy (non-hydrogen) atoms. The molecule has 0 saturated carbocycles. The van der Waals surface area contributed by atoms with Gasteiger partial charge in [0.05, 0.1) is 6.26 Å². The zero-order chi connectivity index (χ0) is 23.5. The van der Waals surface area contributed by atoms with Gasteiger partial charge in [-0.25, -0.2) is 12.7 Å². The van der Waals surface area contributed by atoms with Crippen molar-refractivity contribution in [1.29, 1.82) is 0 Å². The van der Waals surface area contributed by atoms with Crippen molar-refractivity contribution in [3.63, 3.8) is 0 Å². The van der Waals surface area contributed by atoms with E-state index in [1.165, 1.54) is 6.07 Å². The number of para-hydroxylation sites is 2. The summed E-state index contributed by atoms with van der Waals surface area (Å²) in [5, 5.41) is 2.88. The third-order valence-electron chi connectivity index (χ3n) is 4.41. The summed E-state index contributed by atoms with van der Waals surface area (Å²) in [5.74, 6) is -0.407. The lowest BCUT2D eigenvalue weighted by Gasteiger charge is -2.20. The number of amides is 1. The van der Waals surface area contributed by atoms with Gasteiger partial charge in [-0.2, -0.15) is 8.42 Å². The Morgan fingerprint density at radius 3 is 2.19 bits per heavy atom. The molecular weight excluding hydrogens is 456 g/mol. The summed E-state index contributed by atoms with van der Waals surface area (Å²) in [6.45, 7) is 3.36. The molecule has 11 heteroatoms. The van der Waals surface area contributed by atoms with Crippen LogP contribution < -0.4 is 14.2 Å². The Morgan fingerprint density at radius 2 is 1.59 bits per heavy atom. The molecule has 1 aliphatic rings. The topological polar surface area (TPSA) is 119 Å². The molecule has 0 spiro atoms. The van der Waals surface area contributed by atoms with E-state index in [9.17, 15) is 21.6 Å². The zero-order valence-corrected chi connectivity index (χ0v) is 19.4. The number of nitrogens with zero attached hydrogens (tertiary/aromatic N) is 1. The maximum atomic E-state index is 13.1. The van der Waals surface area contributed by atoms with E-state index in [2.05, 4.69) is 5.32 Å². The Balaban J connectivity index is 1.81. The van der Waals surface area contributed by atoms with Gasteiger partial charge in [0.2, 0.25) is 0 Å². The summed E-state index contributed by atoms with van der Waals surface area (Å²) >= 11 is 0. The zero-order valence-electron chi connectivity index (χ0n) is 17.8. The largest absolute Gasteiger partial charge is 0.488 e. The molecule has 1 aliphatic heterocycles. The normalized spacial score (nSPS) is 15.9. The Hall–Kier alpha value is -3.05. The van der Waals surface area contributed by atoms with E-state index in [4.69, 9.17) is 8.92 Å². The van der Waals surface area contributed by atoms with Crippen LogP contribution in [0.5, 0.6) is 11.5 Å². The minimum absolute atomic E-state index is 0.0186. The van der Waals surface area contributed by atoms with Crippen LogP contribution >= 0.6 is 0 Å². The van der Waals surface area contributed by atoms with E-state index in [1.54, 1.807) is 62.4 Å². The third kappa shape index (κ3) is 5.05. The SMILES string of the molecule is CC(C)N1C(=O)C(NCCOc2ccccc2OS(C)(=O)=O)=C(c2ccccc2)S1(=O)=O. The molecule has 2 aromatic carbocycles. The standard InChI is InChI=1S/C21H24N2O7S2/c1-15(2)23-21(24)19(20(32(23,27)28)16-9-5-4-6-10-16)22-13-14-29-17-11-7-8-12-18(17)30-31(3,25)26/h4-12,15,22H,13-14H2,1-3H3. The summed E-state index contributed by atoms with van der Waals surface area (Å²) in [5.41, 5.74) is 0.369. The Bertz CT molecular complexity index is 1240. The van der Waals surface area contributed by atoms with Crippen molar-refractivity contribution >= 4 is 31.0 Å². The van der Waals surface area contributed by atoms with Crippen molar-refractivity contribution in [1.82, 2.24) is 9.62 Å². The van der Waals surface area contributed by atoms with Crippen molar-refractivity contribution in [2.45, 2.75) is 19.9 Å². The number of benzene rings is 2. The molecular formula is C21H24N2O7S2. The Morgan fingerprint density at radius 1 is 1.00 bits per heavy atom. The van der Waals surface area contributed by atoms with Gasteiger partial charge in [0, 0.05) is 12.6 Å². The van der Waals surface area contributed by atoms with E-state index in [-0.39, 0.29) is 35.3 Å². The molecule has 1 heterocycles. The lowest BCUT2D eigenvalue weighted by molar-refractivity contribution is -0.123. The van der Waals surface area contributed by atoms with E-state index >= 15 is 0 Å². The van der Waals surface area contributed by atoms with Gasteiger partial charge in [0.15, 0.2) is 11.5 Å². The van der Waals surface area contributed by atoms with Gasteiger partial charge in [-0.1, -0.05) is 42.5 Å². The molecule has 0 radical (unpaired) electrons. The second-order valence-corrected chi connectivity index (χ2v) is 10.6. The number of hydrogen-bond acceptors (Lipinski definition) is 8. The predicted molar refractivity (Wildman–Crippen MR) is 120 cm³/mol. The van der Waals surface area contributed by atoms with Crippen molar-refractivity contribution in [2.75, 3.05) is 19.4 Å². The Labute approximate surface area is 187 Å². The van der Waals surface area contributed by atoms with Gasteiger partial charge >= 0.3 is 10.1 Å². The van der Waals surface area contributed by atoms with Crippen LogP contribution in [0.4, 0.5) is 0 Å². The maximum absolute atomic E-state index is 13.1. The highest BCUT2D eigenvalue weighted by molar-refractivity contribution is 7.99. The summed E-state index contributed by atoms with van der Waals surface area (Å²) in [7, 11) is -7.76. The first-order valence-corrected chi connectivity index (χ1v) is 13.0. The van der Waals surface area contributed by atoms with Gasteiger partial charge < -0.3 is 14.2 Å². The van der Waals surface area contributed by atoms with Crippen LogP contribution in [0.2, 0.25) is 0 Å². The first-order chi connectivity index (χ1) is 15.0. The molecule has 0 fully saturated rings. The first kappa shape index (κ1) is 23.6. The summed E-state index contributed by atoms with van der Waals surface area (Å²) in [6.07, 6.45) is 0.926. The monoisotopic (exact) mass is 480 g/mol. The molecule has 172 valence electrons. The van der Waals surface area contributed by atoms with Crippen LogP contribution in [0.25, 0.3) is 4.91 Å². The molecule has 0 atom stereocenters. The van der Waals surface area contributed by atoms with E-state index < -0.39 is 32.1 Å². The van der Waals surface area contributed by atoms with Gasteiger partial charge in [-0.15, -0.1) is 0 Å². The number of ether oxygens (including phenoxy) is 1. The molecule has 0 bridgehead atoms. The minimum Gasteiger partial charge on any atom is -0.488 e. The fourth-order valence-electron chi connectivity index (χ4n) is 3.23. The lowest BCUT2D eigenvalue weighted by Crippen LogP contribution is -2.39. The average Bonchev–Trinajstić information content (AvgIpc) is 2.90. The van der Waals surface area contributed by atoms with Gasteiger partial charge in [0.25, 0.3) is 15.9 Å². The lowest BCUT2D eigenvalue weighted by atomic mass is 10.2. The van der Waals surface area contributed by atoms with E-state index in [0.717, 1.165) is 10.6 Å². The highest BCUT2D eigenvalue weighted by Crippen LogP contribution is 2.35. The number of carbonyl (C=O) groups excluding carboxylic acids is 1. The smallest absolute Gasteiger partial charge is 0.306 e. The van der Waals surface area contributed by atoms with Crippen LogP contribution in [0.15, 0.2) is 60.3 Å². The minimum atomic E-state index is -4.02. The molecule has 0 aromatic heterocycles. The van der Waals surface area contributed by atoms with E-state index in [1.807, 2.05) is 0 Å². The van der Waals surface area contributed by atoms with Gasteiger partial charge in [0.1, 0.15) is 17.2 Å². The fraction of sp³-hybridized carbons (Fsp3) is 0.286. The average molecular weight is 481 g/mol. The molecule has 2 aromatic rings. The van der Waals surface area contributed by atoms with Crippen molar-refractivity contribution < 1.29 is 30.6 Å². The number of carbonyl (C=O) groups is 1. The number of sulfonamides is 1. The van der Waals surface area contributed by atoms with Crippen molar-refractivity contribution in [3.05, 3.63) is 65.9 Å². The van der Waals surface area contributed by atoms with Crippen molar-refractivity contribution in [3.8, 4) is 11.5 Å². The number of nitrogens with one attached hydrogen (secondary N) is 1. The molecule has 1 amide bonds. The highest BCUT2D eigenvalue weighted by atomic mass is 32.2. The third-order valence-corrected chi connectivity index (χ3v) is 6.96. The molecule has 9 nitrogen and oxygen atoms in total. The van der Waals surface area contributed by atoms with Crippen LogP contribution in [-0.2, 0) is 24.9 Å². The predicted octanol–water partition coefficient (Wildman–Crippen LogP) is 1.94. The van der Waals surface area contributed by atoms with Crippen LogP contribution in [0, 0.1) is 0 Å². The van der Waals surface area contributed by atoms with Crippen LogP contribution in [0.1, 0.15) is 19.4 Å². The second-order valence-electron chi connectivity index (χ2n) is 7.28.